The fourth-order valence-electron chi connectivity index (χ4n) is 17.4. The van der Waals surface area contributed by atoms with Crippen molar-refractivity contribution in [3.63, 3.8) is 0 Å². The van der Waals surface area contributed by atoms with Crippen molar-refractivity contribution in [1.82, 2.24) is 45.2 Å². The van der Waals surface area contributed by atoms with Gasteiger partial charge in [-0.1, -0.05) is 89.3 Å². The Labute approximate surface area is 766 Å². The number of aliphatic hydroxyl groups is 4. The number of fused-ring (bicyclic) bond motifs is 6. The number of aliphatic hydroxyl groups excluding tert-OH is 3. The molecule has 7 heterocycles. The lowest BCUT2D eigenvalue weighted by Crippen LogP contribution is -2.61. The van der Waals surface area contributed by atoms with Crippen LogP contribution in [0.3, 0.4) is 0 Å². The zero-order valence-corrected chi connectivity index (χ0v) is 77.5. The highest BCUT2D eigenvalue weighted by molar-refractivity contribution is 6.39. The van der Waals surface area contributed by atoms with Crippen LogP contribution < -0.4 is 22.1 Å². The number of carbonyl (C=O) groups is 7. The minimum Gasteiger partial charge on any atom is -0.460 e. The highest BCUT2D eigenvalue weighted by atomic mass is 16.6. The number of cyclic esters (lactones) is 1. The molecule has 2 saturated heterocycles. The van der Waals surface area contributed by atoms with Gasteiger partial charge >= 0.3 is 12.1 Å². The molecule has 10 N–H and O–H groups in total. The van der Waals surface area contributed by atoms with Gasteiger partial charge in [0.05, 0.1) is 148 Å². The fourth-order valence-corrected chi connectivity index (χ4v) is 17.4. The van der Waals surface area contributed by atoms with E-state index in [0.29, 0.717) is 197 Å². The Bertz CT molecular complexity index is 4620. The number of rotatable bonds is 39. The van der Waals surface area contributed by atoms with Gasteiger partial charge in [0.2, 0.25) is 17.6 Å². The van der Waals surface area contributed by atoms with Crippen molar-refractivity contribution in [3.05, 3.63) is 107 Å². The molecule has 36 heteroatoms. The maximum atomic E-state index is 14.7. The first-order chi connectivity index (χ1) is 63.1. The highest BCUT2D eigenvalue weighted by Gasteiger charge is 2.53. The third-order valence-corrected chi connectivity index (χ3v) is 25.1. The molecular weight excluding hydrogens is 1700 g/mol. The van der Waals surface area contributed by atoms with E-state index in [0.717, 1.165) is 28.7 Å². The Balaban J connectivity index is 0.533. The van der Waals surface area contributed by atoms with Crippen molar-refractivity contribution in [2.75, 3.05) is 158 Å². The molecule has 0 unspecified atom stereocenters. The molecule has 3 aromatic heterocycles. The van der Waals surface area contributed by atoms with E-state index in [-0.39, 0.29) is 107 Å². The van der Waals surface area contributed by atoms with Crippen LogP contribution in [0.2, 0.25) is 0 Å². The number of methoxy groups -OCH3 is 2. The largest absolute Gasteiger partial charge is 0.460 e. The summed E-state index contributed by atoms with van der Waals surface area (Å²) in [6.45, 7) is 19.6. The molecule has 4 amide bonds. The van der Waals surface area contributed by atoms with Crippen molar-refractivity contribution in [2.24, 2.45) is 35.5 Å². The third kappa shape index (κ3) is 31.2. The number of Topliss-reactive ketones (excluding diaryl/α,β-unsaturated/α-hetero) is 2. The predicted octanol–water partition coefficient (Wildman–Crippen LogP) is 7.83. The van der Waals surface area contributed by atoms with E-state index in [2.05, 4.69) is 37.7 Å². The van der Waals surface area contributed by atoms with E-state index >= 15 is 0 Å². The molecule has 3 fully saturated rings. The van der Waals surface area contributed by atoms with Crippen LogP contribution in [-0.2, 0) is 110 Å². The zero-order chi connectivity index (χ0) is 93.9. The smallest absolute Gasteiger partial charge is 0.407 e. The number of oxazole rings is 1. The molecule has 2 aromatic carbocycles. The monoisotopic (exact) mass is 1830 g/mol. The summed E-state index contributed by atoms with van der Waals surface area (Å²) in [6, 6.07) is 10.7. The van der Waals surface area contributed by atoms with Crippen molar-refractivity contribution < 1.29 is 120 Å². The van der Waals surface area contributed by atoms with Crippen LogP contribution in [0.15, 0.2) is 94.7 Å². The number of esters is 1. The molecule has 0 radical (unpaired) electrons. The number of ether oxygens (including phenoxy) is 13. The Morgan fingerprint density at radius 3 is 2.04 bits per heavy atom. The number of allylic oxidation sites excluding steroid dienone is 5. The minimum atomic E-state index is -2.48. The zero-order valence-electron chi connectivity index (χ0n) is 77.5. The molecule has 5 aliphatic rings. The summed E-state index contributed by atoms with van der Waals surface area (Å²) in [6.07, 6.45) is 10.0. The second-order valence-corrected chi connectivity index (χ2v) is 35.0. The summed E-state index contributed by atoms with van der Waals surface area (Å²) in [7, 11) is 3.11. The lowest BCUT2D eigenvalue weighted by molar-refractivity contribution is -0.265. The van der Waals surface area contributed by atoms with Crippen LogP contribution in [-0.4, -0.2) is 303 Å². The number of anilines is 2. The van der Waals surface area contributed by atoms with Crippen molar-refractivity contribution in [3.8, 4) is 11.3 Å². The second-order valence-electron chi connectivity index (χ2n) is 35.0. The molecule has 5 aromatic rings. The van der Waals surface area contributed by atoms with E-state index < -0.39 is 114 Å². The van der Waals surface area contributed by atoms with Gasteiger partial charge in [0.15, 0.2) is 17.0 Å². The van der Waals surface area contributed by atoms with Crippen LogP contribution in [0.25, 0.3) is 33.4 Å². The third-order valence-electron chi connectivity index (χ3n) is 25.1. The summed E-state index contributed by atoms with van der Waals surface area (Å²) in [5, 5.41) is 57.8. The molecular formula is C95H139N11O25. The molecule has 10 rings (SSSR count). The van der Waals surface area contributed by atoms with Gasteiger partial charge in [0, 0.05) is 89.5 Å². The standard InChI is InChI=1S/C95H139N11O25/c1-60-15-11-10-12-16-61(2)78(118-8)55-72-23-18-66(7)95(117,131-72)88(113)91(114)105-31-14-13-17-74(105)92(115)128-79(56-75(107)62(3)50-65(6)86(111)87(112)85(110)64(5)49-60)63(4)51-67-20-24-77(80(53-67)119-9)130-94(116)99-30-36-123-40-44-127-47-45-124-41-37-120-33-27-81(108)98-29-35-122-39-43-126-48-46-125-42-38-121-34-28-82(109)104-32-26-69-52-68(19-21-71(69)58-104)57-106-90-83(89(96)100-59-101-90)84(103-106)70-22-25-76-73(54-70)102-93(97)129-76/h10-12,15-16,19,21-22,25,50,52,54,59-60,62-64,66-67,72,74-75,77-80,86-87,107,111-112,117H,13-14,17-18,20,23-24,26-49,51,53,55-58H2,1-9H3,(H2,97,102)(H,98,108)(H,99,116)(H2,96,100,101)/b12-10?,15-11+,61-16?,65-50+/t60-,62-,63-,64-,66-,67+,72+,74+,75-,77-,78+,79+,80-,86-,87+,95-/m1/s1. The van der Waals surface area contributed by atoms with Crippen molar-refractivity contribution in [2.45, 2.75) is 219 Å². The van der Waals surface area contributed by atoms with Gasteiger partial charge in [-0.25, -0.2) is 24.2 Å². The predicted molar refractivity (Wildman–Crippen MR) is 484 cm³/mol. The maximum absolute atomic E-state index is 14.7. The van der Waals surface area contributed by atoms with Gasteiger partial charge in [-0.15, -0.1) is 0 Å². The van der Waals surface area contributed by atoms with Gasteiger partial charge in [-0.2, -0.15) is 10.1 Å². The fraction of sp³-hybridized carbons (Fsp3) is 0.653. The van der Waals surface area contributed by atoms with Crippen molar-refractivity contribution in [1.29, 1.82) is 0 Å². The number of piperidine rings is 1. The molecule has 2 bridgehead atoms. The number of carbonyl (C=O) groups excluding carboxylic acids is 7. The molecule has 724 valence electrons. The summed E-state index contributed by atoms with van der Waals surface area (Å²) in [5.74, 6) is -8.36. The number of benzene rings is 2. The molecule has 36 nitrogen and oxygen atoms in total. The first-order valence-electron chi connectivity index (χ1n) is 46.3. The Morgan fingerprint density at radius 2 is 1.35 bits per heavy atom. The number of hydrogen-bond acceptors (Lipinski definition) is 31. The number of nitrogen functional groups attached to an aromatic ring is 2. The first-order valence-corrected chi connectivity index (χ1v) is 46.3. The highest BCUT2D eigenvalue weighted by Crippen LogP contribution is 2.40. The molecule has 1 aliphatic carbocycles. The van der Waals surface area contributed by atoms with E-state index in [1.165, 1.54) is 16.8 Å². The summed E-state index contributed by atoms with van der Waals surface area (Å²) >= 11 is 0. The summed E-state index contributed by atoms with van der Waals surface area (Å²) in [4.78, 5) is 112. The number of nitrogens with zero attached hydrogens (tertiary/aromatic N) is 7. The number of nitrogens with two attached hydrogens (primary N) is 2. The summed E-state index contributed by atoms with van der Waals surface area (Å²) < 4.78 is 82.5. The van der Waals surface area contributed by atoms with Gasteiger partial charge in [-0.3, -0.25) is 24.0 Å². The van der Waals surface area contributed by atoms with Gasteiger partial charge in [0.25, 0.3) is 17.7 Å². The Hall–Kier alpha value is -9.09. The maximum Gasteiger partial charge on any atom is 0.407 e. The number of nitrogens with one attached hydrogen (secondary N) is 2. The lowest BCUT2D eigenvalue weighted by Gasteiger charge is -2.43. The molecule has 4 aliphatic heterocycles. The average molecular weight is 1840 g/mol. The van der Waals surface area contributed by atoms with Crippen LogP contribution in [0.4, 0.5) is 16.6 Å². The number of amides is 4. The van der Waals surface area contributed by atoms with Gasteiger partial charge in [0.1, 0.15) is 53.8 Å². The van der Waals surface area contributed by atoms with E-state index in [4.69, 9.17) is 82.6 Å². The molecule has 1 saturated carbocycles. The molecule has 131 heavy (non-hydrogen) atoms. The first kappa shape index (κ1) is 104. The molecule has 0 spiro atoms. The number of aromatic nitrogens is 5. The SMILES string of the molecule is CO[C@H]1C[C@@H]2CC[C@@H](C)[C@@](O)(O2)C(=O)C(=O)N2CCCC[C@H]2C(=O)O[C@H]([C@H](C)C[C@@H]2CC[C@@H](OC(=O)NCCOCCOCCOCCOCCC(=O)NCCOCCOCCOCCOCCC(=O)N3CCc4cc(Cn5nc(-c6ccc7oc(N)nc7c6)c6c(N)ncnc65)ccc4C3)[C@H](OC)C2)C[C@@H](O)[C@H](C)/C=C(\C)[C@@H](O)[C@@H](O)C(=O)[C@H](C)C[C@H](C)/C=C/C=CC=C1C. The lowest BCUT2D eigenvalue weighted by atomic mass is 9.78. The van der Waals surface area contributed by atoms with Gasteiger partial charge in [-0.05, 0) is 148 Å². The Morgan fingerprint density at radius 1 is 0.679 bits per heavy atom. The van der Waals surface area contributed by atoms with E-state index in [9.17, 15) is 54.0 Å². The topological polar surface area (TPSA) is 473 Å². The summed E-state index contributed by atoms with van der Waals surface area (Å²) in [5.41, 5.74) is 19.8. The quantitative estimate of drug-likeness (QED) is 0.00803. The number of ketones is 2. The normalized spacial score (nSPS) is 26.4. The average Bonchev–Trinajstić information content (AvgIpc) is 1.33. The van der Waals surface area contributed by atoms with Crippen LogP contribution in [0.1, 0.15) is 155 Å². The molecule has 16 atom stereocenters. The van der Waals surface area contributed by atoms with Crippen molar-refractivity contribution >= 4 is 75.3 Å². The minimum absolute atomic E-state index is 0.0162. The van der Waals surface area contributed by atoms with Crippen LogP contribution in [0, 0.1) is 35.5 Å². The second kappa shape index (κ2) is 53.1. The van der Waals surface area contributed by atoms with Crippen LogP contribution in [0.5, 0.6) is 0 Å². The number of alkyl carbamates (subject to hydrolysis) is 1. The number of hydrogen-bond donors (Lipinski definition) is 8. The van der Waals surface area contributed by atoms with Crippen LogP contribution >= 0.6 is 0 Å². The Kier molecular flexibility index (Phi) is 42.2. The van der Waals surface area contributed by atoms with Gasteiger partial charge < -0.3 is 118 Å². The van der Waals surface area contributed by atoms with E-state index in [1.807, 2.05) is 78.9 Å². The van der Waals surface area contributed by atoms with E-state index in [1.54, 1.807) is 54.1 Å².